The quantitative estimate of drug-likeness (QED) is 0.300. The second-order valence-electron chi connectivity index (χ2n) is 10.0. The van der Waals surface area contributed by atoms with E-state index in [2.05, 4.69) is 25.3 Å². The van der Waals surface area contributed by atoms with Crippen LogP contribution in [0.15, 0.2) is 65.6 Å². The molecule has 0 radical (unpaired) electrons. The summed E-state index contributed by atoms with van der Waals surface area (Å²) in [5.41, 5.74) is 1.20. The summed E-state index contributed by atoms with van der Waals surface area (Å²) in [7, 11) is -3.90. The van der Waals surface area contributed by atoms with E-state index in [4.69, 9.17) is 0 Å². The van der Waals surface area contributed by atoms with Crippen LogP contribution >= 0.6 is 0 Å². The number of pyridine rings is 1. The van der Waals surface area contributed by atoms with Crippen LogP contribution in [0.2, 0.25) is 0 Å². The largest absolute Gasteiger partial charge is 0.350 e. The van der Waals surface area contributed by atoms with Gasteiger partial charge in [0.2, 0.25) is 16.0 Å². The predicted octanol–water partition coefficient (Wildman–Crippen LogP) is 4.28. The molecule has 3 N–H and O–H groups in total. The highest BCUT2D eigenvalue weighted by Gasteiger charge is 2.20. The molecular weight excluding hydrogens is 519 g/mol. The molecule has 1 aliphatic rings. The summed E-state index contributed by atoms with van der Waals surface area (Å²) < 4.78 is 44.1. The van der Waals surface area contributed by atoms with Gasteiger partial charge in [0.05, 0.1) is 11.4 Å². The van der Waals surface area contributed by atoms with E-state index in [1.54, 1.807) is 47.2 Å². The molecule has 1 aliphatic heterocycles. The Morgan fingerprint density at radius 1 is 1.15 bits per heavy atom. The third kappa shape index (κ3) is 6.10. The number of hydrogen-bond donors (Lipinski definition) is 3. The number of nitrogens with one attached hydrogen (secondary N) is 3. The first-order chi connectivity index (χ1) is 18.7. The van der Waals surface area contributed by atoms with E-state index in [0.717, 1.165) is 32.0 Å². The van der Waals surface area contributed by atoms with E-state index in [1.165, 1.54) is 12.1 Å². The van der Waals surface area contributed by atoms with Crippen LogP contribution in [0.3, 0.4) is 0 Å². The van der Waals surface area contributed by atoms with Crippen LogP contribution in [0.1, 0.15) is 38.3 Å². The second-order valence-corrected chi connectivity index (χ2v) is 11.8. The molecular formula is C28H31FN6O3S. The first kappa shape index (κ1) is 26.8. The summed E-state index contributed by atoms with van der Waals surface area (Å²) in [6, 6.07) is 14.2. The number of anilines is 2. The maximum Gasteiger partial charge on any atom is 0.260 e. The van der Waals surface area contributed by atoms with Crippen LogP contribution < -0.4 is 20.9 Å². The topological polar surface area (TPSA) is 118 Å². The zero-order chi connectivity index (χ0) is 27.6. The molecule has 2 aromatic heterocycles. The van der Waals surface area contributed by atoms with Crippen molar-refractivity contribution < 1.29 is 12.8 Å². The summed E-state index contributed by atoms with van der Waals surface area (Å²) in [5, 5.41) is 7.34. The van der Waals surface area contributed by atoms with Gasteiger partial charge in [-0.3, -0.25) is 14.1 Å². The van der Waals surface area contributed by atoms with E-state index in [1.807, 2.05) is 13.8 Å². The fourth-order valence-corrected chi connectivity index (χ4v) is 6.00. The fourth-order valence-electron chi connectivity index (χ4n) is 4.80. The third-order valence-electron chi connectivity index (χ3n) is 6.66. The third-order valence-corrected chi connectivity index (χ3v) is 7.91. The van der Waals surface area contributed by atoms with Gasteiger partial charge in [0.1, 0.15) is 11.5 Å². The first-order valence-corrected chi connectivity index (χ1v) is 14.6. The summed E-state index contributed by atoms with van der Waals surface area (Å²) in [6.07, 6.45) is 3.73. The molecule has 9 nitrogen and oxygen atoms in total. The maximum atomic E-state index is 14.7. The van der Waals surface area contributed by atoms with E-state index < -0.39 is 15.8 Å². The van der Waals surface area contributed by atoms with Gasteiger partial charge in [-0.1, -0.05) is 36.4 Å². The number of benzene rings is 2. The fraction of sp³-hybridized carbons (Fsp3) is 0.321. The minimum atomic E-state index is -3.90. The van der Waals surface area contributed by atoms with Gasteiger partial charge in [-0.05, 0) is 62.6 Å². The highest BCUT2D eigenvalue weighted by atomic mass is 32.2. The Kier molecular flexibility index (Phi) is 7.62. The molecule has 5 rings (SSSR count). The second kappa shape index (κ2) is 11.1. The molecule has 3 heterocycles. The van der Waals surface area contributed by atoms with Crippen LogP contribution in [0.25, 0.3) is 22.2 Å². The van der Waals surface area contributed by atoms with Gasteiger partial charge in [-0.15, -0.1) is 0 Å². The highest BCUT2D eigenvalue weighted by molar-refractivity contribution is 7.91. The standard InChI is InChI=1S/C28H31FN6O3S/c1-18(2)35-26-21(15-31-28(33-26)32-22-9-6-12-30-16-22)13-23(27(35)36)20-10-11-24(29)25(14-20)34-39(37,38)17-19-7-4-3-5-8-19/h3-5,7-8,10-11,13-15,18,22,30,34H,6,9,12,16-17H2,1-2H3,(H,31,32,33)/t22-/m0/s1. The van der Waals surface area contributed by atoms with Crippen LogP contribution in [0.4, 0.5) is 16.0 Å². The van der Waals surface area contributed by atoms with Crippen LogP contribution in [0, 0.1) is 5.82 Å². The van der Waals surface area contributed by atoms with Gasteiger partial charge in [-0.25, -0.2) is 17.8 Å². The Hall–Kier alpha value is -3.83. The SMILES string of the molecule is CC(C)n1c(=O)c(-c2ccc(F)c(NS(=O)(=O)Cc3ccccc3)c2)cc2cnc(N[C@H]3CCCNC3)nc21. The van der Waals surface area contributed by atoms with Gasteiger partial charge >= 0.3 is 0 Å². The predicted molar refractivity (Wildman–Crippen MR) is 152 cm³/mol. The molecule has 1 saturated heterocycles. The number of fused-ring (bicyclic) bond motifs is 1. The smallest absolute Gasteiger partial charge is 0.260 e. The number of nitrogens with zero attached hydrogens (tertiary/aromatic N) is 3. The summed E-state index contributed by atoms with van der Waals surface area (Å²) in [6.45, 7) is 5.59. The lowest BCUT2D eigenvalue weighted by Gasteiger charge is -2.24. The molecule has 204 valence electrons. The molecule has 0 amide bonds. The van der Waals surface area contributed by atoms with Crippen molar-refractivity contribution >= 4 is 32.7 Å². The molecule has 0 bridgehead atoms. The van der Waals surface area contributed by atoms with E-state index in [-0.39, 0.29) is 29.1 Å². The zero-order valence-electron chi connectivity index (χ0n) is 21.8. The number of hydrogen-bond acceptors (Lipinski definition) is 7. The lowest BCUT2D eigenvalue weighted by molar-refractivity contribution is 0.478. The summed E-state index contributed by atoms with van der Waals surface area (Å²) in [4.78, 5) is 22.8. The molecule has 0 unspecified atom stereocenters. The summed E-state index contributed by atoms with van der Waals surface area (Å²) in [5.74, 6) is -0.593. The van der Waals surface area contributed by atoms with Crippen molar-refractivity contribution in [1.82, 2.24) is 19.9 Å². The Bertz CT molecular complexity index is 1650. The minimum Gasteiger partial charge on any atom is -0.350 e. The minimum absolute atomic E-state index is 0.206. The summed E-state index contributed by atoms with van der Waals surface area (Å²) >= 11 is 0. The van der Waals surface area contributed by atoms with E-state index >= 15 is 0 Å². The number of rotatable bonds is 8. The highest BCUT2D eigenvalue weighted by Crippen LogP contribution is 2.27. The normalized spacial score (nSPS) is 15.9. The molecule has 4 aromatic rings. The van der Waals surface area contributed by atoms with Crippen molar-refractivity contribution in [1.29, 1.82) is 0 Å². The molecule has 1 fully saturated rings. The van der Waals surface area contributed by atoms with Crippen LogP contribution in [0.5, 0.6) is 0 Å². The molecule has 0 saturated carbocycles. The van der Waals surface area contributed by atoms with Crippen molar-refractivity contribution in [2.75, 3.05) is 23.1 Å². The van der Waals surface area contributed by atoms with Crippen molar-refractivity contribution in [3.05, 3.63) is 82.5 Å². The van der Waals surface area contributed by atoms with Crippen molar-refractivity contribution in [2.45, 2.75) is 44.5 Å². The average molecular weight is 551 g/mol. The van der Waals surface area contributed by atoms with Crippen molar-refractivity contribution in [3.8, 4) is 11.1 Å². The Balaban J connectivity index is 1.50. The first-order valence-electron chi connectivity index (χ1n) is 12.9. The lowest BCUT2D eigenvalue weighted by atomic mass is 10.0. The van der Waals surface area contributed by atoms with Gasteiger partial charge in [-0.2, -0.15) is 4.98 Å². The van der Waals surface area contributed by atoms with Crippen molar-refractivity contribution in [3.63, 3.8) is 0 Å². The monoisotopic (exact) mass is 550 g/mol. The Morgan fingerprint density at radius 3 is 2.67 bits per heavy atom. The Morgan fingerprint density at radius 2 is 1.95 bits per heavy atom. The molecule has 0 aliphatic carbocycles. The van der Waals surface area contributed by atoms with Gasteiger partial charge in [0, 0.05) is 35.8 Å². The van der Waals surface area contributed by atoms with Crippen LogP contribution in [-0.2, 0) is 15.8 Å². The molecule has 0 spiro atoms. The average Bonchev–Trinajstić information content (AvgIpc) is 2.90. The molecule has 39 heavy (non-hydrogen) atoms. The molecule has 1 atom stereocenters. The lowest BCUT2D eigenvalue weighted by Crippen LogP contribution is -2.38. The number of sulfonamides is 1. The number of piperidine rings is 1. The van der Waals surface area contributed by atoms with E-state index in [0.29, 0.717) is 33.7 Å². The molecule has 2 aromatic carbocycles. The zero-order valence-corrected chi connectivity index (χ0v) is 22.6. The Labute approximate surface area is 226 Å². The maximum absolute atomic E-state index is 14.7. The van der Waals surface area contributed by atoms with Gasteiger partial charge < -0.3 is 10.6 Å². The van der Waals surface area contributed by atoms with Crippen LogP contribution in [-0.4, -0.2) is 42.1 Å². The molecule has 11 heteroatoms. The van der Waals surface area contributed by atoms with Gasteiger partial charge in [0.25, 0.3) is 5.56 Å². The van der Waals surface area contributed by atoms with Gasteiger partial charge in [0.15, 0.2) is 0 Å². The van der Waals surface area contributed by atoms with Crippen molar-refractivity contribution in [2.24, 2.45) is 0 Å². The number of halogens is 1. The van der Waals surface area contributed by atoms with E-state index in [9.17, 15) is 17.6 Å². The number of aromatic nitrogens is 3.